The van der Waals surface area contributed by atoms with Crippen molar-refractivity contribution in [1.82, 2.24) is 5.32 Å². The third-order valence-corrected chi connectivity index (χ3v) is 13.3. The molecule has 68 heavy (non-hydrogen) atoms. The molecule has 1 aliphatic heterocycles. The van der Waals surface area contributed by atoms with Gasteiger partial charge in [0.15, 0.2) is 6.29 Å². The maximum absolute atomic E-state index is 13.0. The van der Waals surface area contributed by atoms with Crippen LogP contribution < -0.4 is 5.32 Å². The van der Waals surface area contributed by atoms with Gasteiger partial charge >= 0.3 is 0 Å². The Balaban J connectivity index is 2.29. The number of rotatable bonds is 48. The van der Waals surface area contributed by atoms with Gasteiger partial charge in [-0.2, -0.15) is 0 Å². The number of carbonyl (C=O) groups excluding carboxylic acids is 1. The van der Waals surface area contributed by atoms with Crippen molar-refractivity contribution in [3.05, 3.63) is 60.8 Å². The highest BCUT2D eigenvalue weighted by Crippen LogP contribution is 2.23. The molecule has 0 bridgehead atoms. The fraction of sp³-hybridized carbons (Fsp3) is 0.814. The number of carbonyl (C=O) groups is 1. The Morgan fingerprint density at radius 2 is 0.882 bits per heavy atom. The van der Waals surface area contributed by atoms with Crippen molar-refractivity contribution < 1.29 is 39.8 Å². The number of unbranched alkanes of at least 4 members (excludes halogenated alkanes) is 30. The van der Waals surface area contributed by atoms with Gasteiger partial charge in [-0.05, 0) is 77.0 Å². The second-order valence-corrected chi connectivity index (χ2v) is 19.7. The molecule has 9 nitrogen and oxygen atoms in total. The third kappa shape index (κ3) is 37.7. The van der Waals surface area contributed by atoms with Crippen LogP contribution in [0.2, 0.25) is 0 Å². The van der Waals surface area contributed by atoms with E-state index in [1.165, 1.54) is 167 Å². The van der Waals surface area contributed by atoms with Crippen molar-refractivity contribution in [2.24, 2.45) is 0 Å². The maximum atomic E-state index is 13.0. The van der Waals surface area contributed by atoms with Crippen LogP contribution in [0.1, 0.15) is 251 Å². The van der Waals surface area contributed by atoms with Crippen LogP contribution in [-0.2, 0) is 14.3 Å². The second-order valence-electron chi connectivity index (χ2n) is 19.7. The van der Waals surface area contributed by atoms with Crippen LogP contribution in [0.4, 0.5) is 0 Å². The zero-order valence-electron chi connectivity index (χ0n) is 43.9. The van der Waals surface area contributed by atoms with E-state index in [9.17, 15) is 30.3 Å². The first-order valence-electron chi connectivity index (χ1n) is 28.5. The molecular weight excluding hydrogens is 851 g/mol. The van der Waals surface area contributed by atoms with Crippen molar-refractivity contribution >= 4 is 5.91 Å². The fourth-order valence-electron chi connectivity index (χ4n) is 8.75. The summed E-state index contributed by atoms with van der Waals surface area (Å²) >= 11 is 0. The minimum absolute atomic E-state index is 0.198. The van der Waals surface area contributed by atoms with Gasteiger partial charge in [0.1, 0.15) is 24.4 Å². The number of nitrogens with one attached hydrogen (secondary N) is 1. The minimum Gasteiger partial charge on any atom is -0.394 e. The molecule has 1 amide bonds. The molecule has 1 heterocycles. The summed E-state index contributed by atoms with van der Waals surface area (Å²) in [5, 5.41) is 54.5. The summed E-state index contributed by atoms with van der Waals surface area (Å²) in [6, 6.07) is -0.835. The van der Waals surface area contributed by atoms with Crippen molar-refractivity contribution in [1.29, 1.82) is 0 Å². The minimum atomic E-state index is -1.58. The van der Waals surface area contributed by atoms with Gasteiger partial charge in [-0.1, -0.05) is 229 Å². The molecule has 9 heteroatoms. The van der Waals surface area contributed by atoms with E-state index in [0.29, 0.717) is 6.42 Å². The normalized spacial score (nSPS) is 20.0. The van der Waals surface area contributed by atoms with Crippen LogP contribution in [0, 0.1) is 0 Å². The Bertz CT molecular complexity index is 1250. The van der Waals surface area contributed by atoms with E-state index in [2.05, 4.69) is 67.8 Å². The molecule has 1 aliphatic rings. The van der Waals surface area contributed by atoms with E-state index in [0.717, 1.165) is 64.2 Å². The lowest BCUT2D eigenvalue weighted by Crippen LogP contribution is -2.60. The zero-order chi connectivity index (χ0) is 49.4. The number of ether oxygens (including phenoxy) is 2. The Morgan fingerprint density at radius 1 is 0.500 bits per heavy atom. The molecule has 396 valence electrons. The quantitative estimate of drug-likeness (QED) is 0.0261. The standard InChI is InChI=1S/C59H107NO8/c1-3-5-7-9-11-13-15-17-19-21-23-25-27-29-31-33-35-37-39-41-43-45-47-49-55(63)60-52(51-67-59-58(66)57(65)56(64)54(50-61)68-59)53(62)48-46-44-42-40-38-36-34-32-30-28-26-24-22-20-18-16-14-12-10-8-6-4-2/h23,25,29-32,38,40,46,48,52-54,56-59,61-62,64-66H,3-22,24,26-28,33-37,39,41-45,47,49-51H2,1-2H3,(H,60,63)/b25-23-,31-29-,32-30+,40-38+,48-46+. The van der Waals surface area contributed by atoms with Crippen molar-refractivity contribution in [2.45, 2.75) is 294 Å². The molecule has 6 N–H and O–H groups in total. The van der Waals surface area contributed by atoms with Gasteiger partial charge < -0.3 is 40.3 Å². The molecule has 0 aliphatic carbocycles. The maximum Gasteiger partial charge on any atom is 0.220 e. The molecule has 0 spiro atoms. The van der Waals surface area contributed by atoms with Gasteiger partial charge in [0.25, 0.3) is 0 Å². The number of amides is 1. The molecule has 1 fully saturated rings. The predicted molar refractivity (Wildman–Crippen MR) is 286 cm³/mol. The predicted octanol–water partition coefficient (Wildman–Crippen LogP) is 13.9. The third-order valence-electron chi connectivity index (χ3n) is 13.3. The van der Waals surface area contributed by atoms with Crippen LogP contribution >= 0.6 is 0 Å². The highest BCUT2D eigenvalue weighted by molar-refractivity contribution is 5.76. The zero-order valence-corrected chi connectivity index (χ0v) is 43.9. The summed E-state index contributed by atoms with van der Waals surface area (Å²) in [4.78, 5) is 13.0. The average molecular weight is 959 g/mol. The highest BCUT2D eigenvalue weighted by Gasteiger charge is 2.44. The smallest absolute Gasteiger partial charge is 0.220 e. The van der Waals surface area contributed by atoms with Gasteiger partial charge in [0.2, 0.25) is 5.91 Å². The molecule has 1 rings (SSSR count). The van der Waals surface area contributed by atoms with Crippen LogP contribution in [0.3, 0.4) is 0 Å². The van der Waals surface area contributed by atoms with Crippen LogP contribution in [0.15, 0.2) is 60.8 Å². The topological polar surface area (TPSA) is 149 Å². The van der Waals surface area contributed by atoms with Crippen LogP contribution in [0.25, 0.3) is 0 Å². The van der Waals surface area contributed by atoms with Gasteiger partial charge in [-0.3, -0.25) is 4.79 Å². The van der Waals surface area contributed by atoms with Crippen molar-refractivity contribution in [3.8, 4) is 0 Å². The number of aliphatic hydroxyl groups excluding tert-OH is 5. The lowest BCUT2D eigenvalue weighted by Gasteiger charge is -2.40. The number of aliphatic hydroxyl groups is 5. The number of allylic oxidation sites excluding steroid dienone is 9. The molecule has 0 aromatic heterocycles. The van der Waals surface area contributed by atoms with E-state index < -0.39 is 49.5 Å². The summed E-state index contributed by atoms with van der Waals surface area (Å²) < 4.78 is 11.2. The first kappa shape index (κ1) is 63.9. The van der Waals surface area contributed by atoms with Crippen LogP contribution in [0.5, 0.6) is 0 Å². The number of hydrogen-bond acceptors (Lipinski definition) is 8. The van der Waals surface area contributed by atoms with Gasteiger partial charge in [-0.25, -0.2) is 0 Å². The second kappa shape index (κ2) is 48.5. The van der Waals surface area contributed by atoms with Crippen molar-refractivity contribution in [2.75, 3.05) is 13.2 Å². The summed E-state index contributed by atoms with van der Waals surface area (Å²) in [6.45, 7) is 3.77. The molecule has 7 atom stereocenters. The van der Waals surface area contributed by atoms with E-state index in [1.54, 1.807) is 6.08 Å². The molecule has 0 saturated carbocycles. The Kier molecular flexibility index (Phi) is 45.6. The van der Waals surface area contributed by atoms with Gasteiger partial charge in [0, 0.05) is 6.42 Å². The summed E-state index contributed by atoms with van der Waals surface area (Å²) in [5.74, 6) is -0.198. The lowest BCUT2D eigenvalue weighted by molar-refractivity contribution is -0.302. The van der Waals surface area contributed by atoms with Gasteiger partial charge in [-0.15, -0.1) is 0 Å². The largest absolute Gasteiger partial charge is 0.394 e. The lowest BCUT2D eigenvalue weighted by atomic mass is 9.99. The molecule has 7 unspecified atom stereocenters. The first-order chi connectivity index (χ1) is 33.3. The molecule has 0 aromatic carbocycles. The Morgan fingerprint density at radius 3 is 1.32 bits per heavy atom. The number of hydrogen-bond donors (Lipinski definition) is 6. The molecule has 0 aromatic rings. The Labute approximate surface area is 417 Å². The first-order valence-corrected chi connectivity index (χ1v) is 28.5. The van der Waals surface area contributed by atoms with Gasteiger partial charge in [0.05, 0.1) is 25.4 Å². The SMILES string of the molecule is CCCCCCCCCCC/C=C\C/C=C\CCCCCCCCCC(=O)NC(COC1OC(CO)C(O)C(O)C1O)C(O)/C=C/CC/C=C/CC/C=C/CCCCCCCCCCCCCC. The van der Waals surface area contributed by atoms with Crippen molar-refractivity contribution in [3.63, 3.8) is 0 Å². The summed E-state index contributed by atoms with van der Waals surface area (Å²) in [7, 11) is 0. The summed E-state index contributed by atoms with van der Waals surface area (Å²) in [5.41, 5.74) is 0. The summed E-state index contributed by atoms with van der Waals surface area (Å²) in [6.07, 6.45) is 58.5. The monoisotopic (exact) mass is 958 g/mol. The molecular formula is C59H107NO8. The van der Waals surface area contributed by atoms with E-state index in [4.69, 9.17) is 9.47 Å². The molecule has 0 radical (unpaired) electrons. The molecule has 1 saturated heterocycles. The fourth-order valence-corrected chi connectivity index (χ4v) is 8.75. The van der Waals surface area contributed by atoms with E-state index >= 15 is 0 Å². The van der Waals surface area contributed by atoms with E-state index in [1.807, 2.05) is 6.08 Å². The van der Waals surface area contributed by atoms with Crippen LogP contribution in [-0.4, -0.2) is 87.5 Å². The Hall–Kier alpha value is -2.11. The highest BCUT2D eigenvalue weighted by atomic mass is 16.7. The van der Waals surface area contributed by atoms with E-state index in [-0.39, 0.29) is 12.5 Å². The average Bonchev–Trinajstić information content (AvgIpc) is 3.34.